The second-order valence-electron chi connectivity index (χ2n) is 5.02. The Morgan fingerprint density at radius 3 is 2.79 bits per heavy atom. The molecule has 2 atom stereocenters. The molecule has 5 heteroatoms. The summed E-state index contributed by atoms with van der Waals surface area (Å²) in [5, 5.41) is 9.40. The Labute approximate surface area is 112 Å². The van der Waals surface area contributed by atoms with E-state index in [9.17, 15) is 14.7 Å². The Hall–Kier alpha value is -1.91. The summed E-state index contributed by atoms with van der Waals surface area (Å²) >= 11 is 0. The maximum atomic E-state index is 11.9. The third-order valence-corrected chi connectivity index (χ3v) is 3.69. The Bertz CT molecular complexity index is 484. The number of pyridine rings is 1. The average Bonchev–Trinajstić information content (AvgIpc) is 2.51. The average molecular weight is 262 g/mol. The molecular formula is C14H18N2O3. The highest BCUT2D eigenvalue weighted by Gasteiger charge is 2.36. The van der Waals surface area contributed by atoms with Gasteiger partial charge in [0.2, 0.25) is 5.91 Å². The van der Waals surface area contributed by atoms with Gasteiger partial charge in [0, 0.05) is 25.4 Å². The highest BCUT2D eigenvalue weighted by atomic mass is 16.4. The number of carbonyl (C=O) groups is 2. The van der Waals surface area contributed by atoms with Gasteiger partial charge in [0.05, 0.1) is 12.0 Å². The molecule has 1 aliphatic rings. The summed E-state index contributed by atoms with van der Waals surface area (Å²) in [4.78, 5) is 29.2. The van der Waals surface area contributed by atoms with E-state index < -0.39 is 17.9 Å². The number of rotatable bonds is 2. The van der Waals surface area contributed by atoms with E-state index in [4.69, 9.17) is 0 Å². The lowest BCUT2D eigenvalue weighted by atomic mass is 9.90. The van der Waals surface area contributed by atoms with Crippen LogP contribution in [0.15, 0.2) is 18.3 Å². The van der Waals surface area contributed by atoms with Crippen molar-refractivity contribution >= 4 is 11.9 Å². The molecule has 102 valence electrons. The fourth-order valence-corrected chi connectivity index (χ4v) is 2.60. The Morgan fingerprint density at radius 2 is 2.21 bits per heavy atom. The maximum absolute atomic E-state index is 11.9. The van der Waals surface area contributed by atoms with Crippen LogP contribution in [-0.2, 0) is 9.59 Å². The summed E-state index contributed by atoms with van der Waals surface area (Å²) in [7, 11) is 1.67. The number of aromatic nitrogens is 1. The van der Waals surface area contributed by atoms with Crippen molar-refractivity contribution in [1.82, 2.24) is 9.88 Å². The van der Waals surface area contributed by atoms with E-state index in [2.05, 4.69) is 4.98 Å². The summed E-state index contributed by atoms with van der Waals surface area (Å²) in [6.45, 7) is 1.88. The van der Waals surface area contributed by atoms with E-state index in [1.807, 2.05) is 19.1 Å². The van der Waals surface area contributed by atoms with Crippen molar-refractivity contribution in [2.45, 2.75) is 32.2 Å². The second-order valence-corrected chi connectivity index (χ2v) is 5.02. The summed E-state index contributed by atoms with van der Waals surface area (Å²) in [6, 6.07) is 3.27. The predicted molar refractivity (Wildman–Crippen MR) is 69.5 cm³/mol. The van der Waals surface area contributed by atoms with Crippen LogP contribution in [0.1, 0.15) is 36.6 Å². The van der Waals surface area contributed by atoms with E-state index in [0.29, 0.717) is 19.3 Å². The zero-order valence-electron chi connectivity index (χ0n) is 11.2. The van der Waals surface area contributed by atoms with Crippen LogP contribution in [0.2, 0.25) is 0 Å². The number of likely N-dealkylation sites (tertiary alicyclic amines) is 1. The molecule has 1 amide bonds. The van der Waals surface area contributed by atoms with Gasteiger partial charge in [-0.1, -0.05) is 6.07 Å². The number of hydrogen-bond donors (Lipinski definition) is 1. The minimum atomic E-state index is -0.855. The van der Waals surface area contributed by atoms with Gasteiger partial charge in [-0.25, -0.2) is 0 Å². The molecule has 0 spiro atoms. The van der Waals surface area contributed by atoms with Gasteiger partial charge >= 0.3 is 5.97 Å². The molecule has 0 saturated carbocycles. The first-order valence-corrected chi connectivity index (χ1v) is 6.41. The number of hydrogen-bond acceptors (Lipinski definition) is 3. The summed E-state index contributed by atoms with van der Waals surface area (Å²) in [6.07, 6.45) is 3.22. The lowest BCUT2D eigenvalue weighted by Gasteiger charge is -2.30. The number of carbonyl (C=O) groups excluding carboxylic acids is 1. The van der Waals surface area contributed by atoms with Crippen molar-refractivity contribution in [1.29, 1.82) is 0 Å². The van der Waals surface area contributed by atoms with Crippen LogP contribution < -0.4 is 0 Å². The highest BCUT2D eigenvalue weighted by Crippen LogP contribution is 2.34. The SMILES string of the molecule is Cc1ccc(C2C(C(=O)O)CCCC(=O)N2C)cn1. The van der Waals surface area contributed by atoms with E-state index in [1.165, 1.54) is 0 Å². The molecule has 0 radical (unpaired) electrons. The van der Waals surface area contributed by atoms with Gasteiger partial charge in [-0.2, -0.15) is 0 Å². The van der Waals surface area contributed by atoms with Crippen LogP contribution in [0.4, 0.5) is 0 Å². The lowest BCUT2D eigenvalue weighted by molar-refractivity contribution is -0.145. The molecule has 0 aromatic carbocycles. The van der Waals surface area contributed by atoms with Crippen LogP contribution in [0.25, 0.3) is 0 Å². The maximum Gasteiger partial charge on any atom is 0.308 e. The highest BCUT2D eigenvalue weighted by molar-refractivity contribution is 5.79. The van der Waals surface area contributed by atoms with Crippen LogP contribution in [0.3, 0.4) is 0 Å². The van der Waals surface area contributed by atoms with Gasteiger partial charge in [-0.3, -0.25) is 14.6 Å². The zero-order chi connectivity index (χ0) is 14.0. The molecule has 0 aliphatic carbocycles. The third kappa shape index (κ3) is 2.75. The second kappa shape index (κ2) is 5.38. The smallest absolute Gasteiger partial charge is 0.308 e. The topological polar surface area (TPSA) is 70.5 Å². The van der Waals surface area contributed by atoms with Crippen LogP contribution >= 0.6 is 0 Å². The molecule has 1 N–H and O–H groups in total. The predicted octanol–water partition coefficient (Wildman–Crippen LogP) is 1.77. The summed E-state index contributed by atoms with van der Waals surface area (Å²) < 4.78 is 0. The van der Waals surface area contributed by atoms with Crippen LogP contribution in [-0.4, -0.2) is 33.9 Å². The molecule has 1 aliphatic heterocycles. The largest absolute Gasteiger partial charge is 0.481 e. The molecule has 1 saturated heterocycles. The first-order chi connectivity index (χ1) is 9.00. The molecule has 5 nitrogen and oxygen atoms in total. The van der Waals surface area contributed by atoms with Gasteiger partial charge < -0.3 is 10.0 Å². The van der Waals surface area contributed by atoms with Crippen molar-refractivity contribution in [3.63, 3.8) is 0 Å². The number of carboxylic acids is 1. The van der Waals surface area contributed by atoms with Gasteiger partial charge in [-0.15, -0.1) is 0 Å². The van der Waals surface area contributed by atoms with Crippen molar-refractivity contribution in [3.8, 4) is 0 Å². The summed E-state index contributed by atoms with van der Waals surface area (Å²) in [5.74, 6) is -1.43. The normalized spacial score (nSPS) is 24.1. The molecule has 2 heterocycles. The monoisotopic (exact) mass is 262 g/mol. The van der Waals surface area contributed by atoms with Crippen molar-refractivity contribution in [2.75, 3.05) is 7.05 Å². The molecule has 19 heavy (non-hydrogen) atoms. The Morgan fingerprint density at radius 1 is 1.47 bits per heavy atom. The molecular weight excluding hydrogens is 244 g/mol. The van der Waals surface area contributed by atoms with Gasteiger partial charge in [0.15, 0.2) is 0 Å². The van der Waals surface area contributed by atoms with Gasteiger partial charge in [0.1, 0.15) is 0 Å². The zero-order valence-corrected chi connectivity index (χ0v) is 11.2. The fraction of sp³-hybridized carbons (Fsp3) is 0.500. The standard InChI is InChI=1S/C14H18N2O3/c1-9-6-7-10(8-15-9)13-11(14(18)19)4-3-5-12(17)16(13)2/h6-8,11,13H,3-5H2,1-2H3,(H,18,19). The molecule has 1 fully saturated rings. The van der Waals surface area contributed by atoms with E-state index in [-0.39, 0.29) is 5.91 Å². The minimum Gasteiger partial charge on any atom is -0.481 e. The van der Waals surface area contributed by atoms with Gasteiger partial charge in [0.25, 0.3) is 0 Å². The Balaban J connectivity index is 2.41. The number of amides is 1. The molecule has 1 aromatic rings. The molecule has 2 rings (SSSR count). The first kappa shape index (κ1) is 13.5. The number of nitrogens with zero attached hydrogens (tertiary/aromatic N) is 2. The van der Waals surface area contributed by atoms with E-state index >= 15 is 0 Å². The number of carboxylic acid groups (broad SMARTS) is 1. The van der Waals surface area contributed by atoms with Crippen LogP contribution in [0, 0.1) is 12.8 Å². The quantitative estimate of drug-likeness (QED) is 0.881. The number of aliphatic carboxylic acids is 1. The summed E-state index contributed by atoms with van der Waals surface area (Å²) in [5.41, 5.74) is 1.66. The van der Waals surface area contributed by atoms with E-state index in [0.717, 1.165) is 11.3 Å². The fourth-order valence-electron chi connectivity index (χ4n) is 2.60. The minimum absolute atomic E-state index is 0.00525. The molecule has 0 bridgehead atoms. The van der Waals surface area contributed by atoms with E-state index in [1.54, 1.807) is 18.1 Å². The number of aryl methyl sites for hydroxylation is 1. The molecule has 1 aromatic heterocycles. The van der Waals surface area contributed by atoms with Crippen LogP contribution in [0.5, 0.6) is 0 Å². The van der Waals surface area contributed by atoms with Crippen molar-refractivity contribution < 1.29 is 14.7 Å². The van der Waals surface area contributed by atoms with Gasteiger partial charge in [-0.05, 0) is 31.4 Å². The van der Waals surface area contributed by atoms with Crippen molar-refractivity contribution in [2.24, 2.45) is 5.92 Å². The first-order valence-electron chi connectivity index (χ1n) is 6.41. The van der Waals surface area contributed by atoms with Crippen molar-refractivity contribution in [3.05, 3.63) is 29.6 Å². The third-order valence-electron chi connectivity index (χ3n) is 3.69. The molecule has 2 unspecified atom stereocenters. The lowest BCUT2D eigenvalue weighted by Crippen LogP contribution is -2.36. The Kier molecular flexibility index (Phi) is 3.83.